The summed E-state index contributed by atoms with van der Waals surface area (Å²) in [6.07, 6.45) is 0. The molecule has 0 saturated carbocycles. The van der Waals surface area contributed by atoms with Crippen LogP contribution < -0.4 is 11.4 Å². The van der Waals surface area contributed by atoms with Crippen LogP contribution in [-0.4, -0.2) is 14.8 Å². The summed E-state index contributed by atoms with van der Waals surface area (Å²) in [6.45, 7) is 0.196. The maximum atomic E-state index is 12.0. The first kappa shape index (κ1) is 12.4. The van der Waals surface area contributed by atoms with Crippen LogP contribution in [0.4, 0.5) is 0 Å². The minimum Gasteiger partial charge on any atom is -0.324 e. The Hall–Kier alpha value is -2.66. The molecule has 2 aromatic carbocycles. The Morgan fingerprint density at radius 2 is 1.75 bits per heavy atom. The minimum absolute atomic E-state index is 0.196. The molecule has 3 aromatic rings. The molecule has 5 heteroatoms. The second kappa shape index (κ2) is 5.14. The van der Waals surface area contributed by atoms with Crippen LogP contribution in [0.5, 0.6) is 0 Å². The lowest BCUT2D eigenvalue weighted by Crippen LogP contribution is -2.19. The molecule has 0 radical (unpaired) electrons. The summed E-state index contributed by atoms with van der Waals surface area (Å²) in [5, 5.41) is 6.39. The van der Waals surface area contributed by atoms with Gasteiger partial charge in [0.2, 0.25) is 0 Å². The van der Waals surface area contributed by atoms with Gasteiger partial charge in [0.25, 0.3) is 0 Å². The molecule has 0 amide bonds. The summed E-state index contributed by atoms with van der Waals surface area (Å²) in [7, 11) is 0. The Bertz CT molecular complexity index is 774. The first-order valence-corrected chi connectivity index (χ1v) is 6.32. The highest BCUT2D eigenvalue weighted by molar-refractivity contribution is 5.72. The molecule has 20 heavy (non-hydrogen) atoms. The molecule has 0 atom stereocenters. The number of aromatic nitrogens is 3. The van der Waals surface area contributed by atoms with E-state index in [1.807, 2.05) is 54.6 Å². The van der Waals surface area contributed by atoms with E-state index in [0.29, 0.717) is 5.82 Å². The van der Waals surface area contributed by atoms with Gasteiger partial charge < -0.3 is 5.73 Å². The molecule has 100 valence electrons. The second-order valence-electron chi connectivity index (χ2n) is 4.37. The number of benzene rings is 2. The second-order valence-corrected chi connectivity index (χ2v) is 4.37. The third-order valence-electron chi connectivity index (χ3n) is 3.15. The predicted molar refractivity (Wildman–Crippen MR) is 77.5 cm³/mol. The van der Waals surface area contributed by atoms with Gasteiger partial charge in [0.05, 0.1) is 12.2 Å². The van der Waals surface area contributed by atoms with Crippen LogP contribution in [0, 0.1) is 0 Å². The van der Waals surface area contributed by atoms with Crippen LogP contribution in [-0.2, 0) is 6.54 Å². The number of aromatic amines is 1. The predicted octanol–water partition coefficient (Wildman–Crippen LogP) is 1.69. The average Bonchev–Trinajstić information content (AvgIpc) is 2.89. The van der Waals surface area contributed by atoms with Gasteiger partial charge in [-0.3, -0.25) is 0 Å². The maximum absolute atomic E-state index is 12.0. The lowest BCUT2D eigenvalue weighted by Gasteiger charge is -2.11. The molecular weight excluding hydrogens is 252 g/mol. The monoisotopic (exact) mass is 266 g/mol. The van der Waals surface area contributed by atoms with Crippen LogP contribution in [0.25, 0.3) is 16.8 Å². The van der Waals surface area contributed by atoms with Crippen LogP contribution in [0.2, 0.25) is 0 Å². The lowest BCUT2D eigenvalue weighted by atomic mass is 10.0. The summed E-state index contributed by atoms with van der Waals surface area (Å²) in [6, 6.07) is 17.6. The Kier molecular flexibility index (Phi) is 3.18. The van der Waals surface area contributed by atoms with E-state index >= 15 is 0 Å². The van der Waals surface area contributed by atoms with Gasteiger partial charge in [-0.1, -0.05) is 48.5 Å². The van der Waals surface area contributed by atoms with Crippen LogP contribution in [0.15, 0.2) is 59.4 Å². The smallest absolute Gasteiger partial charge is 0.324 e. The van der Waals surface area contributed by atoms with Crippen molar-refractivity contribution in [1.82, 2.24) is 14.8 Å². The van der Waals surface area contributed by atoms with E-state index in [1.165, 1.54) is 4.57 Å². The van der Waals surface area contributed by atoms with Gasteiger partial charge in [0, 0.05) is 5.56 Å². The molecule has 0 fully saturated rings. The van der Waals surface area contributed by atoms with Gasteiger partial charge in [-0.25, -0.2) is 14.5 Å². The first-order valence-electron chi connectivity index (χ1n) is 6.32. The van der Waals surface area contributed by atoms with Crippen LogP contribution >= 0.6 is 0 Å². The SMILES string of the molecule is NCc1n[nH]c(=O)n1-c1ccccc1-c1ccccc1. The molecule has 3 N–H and O–H groups in total. The summed E-state index contributed by atoms with van der Waals surface area (Å²) >= 11 is 0. The topological polar surface area (TPSA) is 76.7 Å². The standard InChI is InChI=1S/C15H14N4O/c16-10-14-17-18-15(20)19(14)13-9-5-4-8-12(13)11-6-2-1-3-7-11/h1-9H,10,16H2,(H,18,20). The van der Waals surface area contributed by atoms with Gasteiger partial charge in [0.1, 0.15) is 0 Å². The molecular formula is C15H14N4O. The molecule has 0 aliphatic heterocycles. The Balaban J connectivity index is 2.26. The minimum atomic E-state index is -0.283. The fourth-order valence-electron chi connectivity index (χ4n) is 2.25. The third kappa shape index (κ3) is 2.04. The molecule has 0 aliphatic rings. The third-order valence-corrected chi connectivity index (χ3v) is 3.15. The van der Waals surface area contributed by atoms with E-state index in [4.69, 9.17) is 5.73 Å². The summed E-state index contributed by atoms with van der Waals surface area (Å²) in [4.78, 5) is 12.0. The number of para-hydroxylation sites is 1. The van der Waals surface area contributed by atoms with Gasteiger partial charge >= 0.3 is 5.69 Å². The highest BCUT2D eigenvalue weighted by Crippen LogP contribution is 2.25. The zero-order chi connectivity index (χ0) is 13.9. The largest absolute Gasteiger partial charge is 0.348 e. The first-order chi connectivity index (χ1) is 9.81. The van der Waals surface area contributed by atoms with Gasteiger partial charge in [-0.2, -0.15) is 5.10 Å². The zero-order valence-electron chi connectivity index (χ0n) is 10.8. The molecule has 0 bridgehead atoms. The van der Waals surface area contributed by atoms with Crippen molar-refractivity contribution in [2.24, 2.45) is 5.73 Å². The van der Waals surface area contributed by atoms with Crippen molar-refractivity contribution in [3.8, 4) is 16.8 Å². The van der Waals surface area contributed by atoms with Crippen molar-refractivity contribution >= 4 is 0 Å². The number of hydrogen-bond acceptors (Lipinski definition) is 3. The van der Waals surface area contributed by atoms with Gasteiger partial charge in [-0.15, -0.1) is 0 Å². The van der Waals surface area contributed by atoms with Crippen molar-refractivity contribution in [2.75, 3.05) is 0 Å². The normalized spacial score (nSPS) is 10.7. The maximum Gasteiger partial charge on any atom is 0.348 e. The van der Waals surface area contributed by atoms with Crippen molar-refractivity contribution in [3.63, 3.8) is 0 Å². The van der Waals surface area contributed by atoms with E-state index in [9.17, 15) is 4.79 Å². The summed E-state index contributed by atoms with van der Waals surface area (Å²) in [5.41, 5.74) is 8.15. The van der Waals surface area contributed by atoms with E-state index in [0.717, 1.165) is 16.8 Å². The fourth-order valence-corrected chi connectivity index (χ4v) is 2.25. The van der Waals surface area contributed by atoms with Crippen molar-refractivity contribution in [2.45, 2.75) is 6.54 Å². The van der Waals surface area contributed by atoms with E-state index in [-0.39, 0.29) is 12.2 Å². The summed E-state index contributed by atoms with van der Waals surface area (Å²) < 4.78 is 1.52. The number of hydrogen-bond donors (Lipinski definition) is 2. The Morgan fingerprint density at radius 3 is 2.50 bits per heavy atom. The number of nitrogens with one attached hydrogen (secondary N) is 1. The molecule has 1 heterocycles. The molecule has 1 aromatic heterocycles. The highest BCUT2D eigenvalue weighted by Gasteiger charge is 2.13. The quantitative estimate of drug-likeness (QED) is 0.757. The highest BCUT2D eigenvalue weighted by atomic mass is 16.1. The average molecular weight is 266 g/mol. The van der Waals surface area contributed by atoms with Crippen molar-refractivity contribution in [1.29, 1.82) is 0 Å². The van der Waals surface area contributed by atoms with Gasteiger partial charge in [0.15, 0.2) is 5.82 Å². The molecule has 0 aliphatic carbocycles. The number of nitrogens with zero attached hydrogens (tertiary/aromatic N) is 2. The van der Waals surface area contributed by atoms with Crippen molar-refractivity contribution < 1.29 is 0 Å². The number of H-pyrrole nitrogens is 1. The van der Waals surface area contributed by atoms with Gasteiger partial charge in [-0.05, 0) is 11.6 Å². The molecule has 0 saturated heterocycles. The zero-order valence-corrected chi connectivity index (χ0v) is 10.8. The lowest BCUT2D eigenvalue weighted by molar-refractivity contribution is 0.852. The fraction of sp³-hybridized carbons (Fsp3) is 0.0667. The van der Waals surface area contributed by atoms with Crippen LogP contribution in [0.1, 0.15) is 5.82 Å². The summed E-state index contributed by atoms with van der Waals surface area (Å²) in [5.74, 6) is 0.512. The number of rotatable bonds is 3. The van der Waals surface area contributed by atoms with E-state index in [2.05, 4.69) is 10.2 Å². The molecule has 0 spiro atoms. The van der Waals surface area contributed by atoms with Crippen LogP contribution in [0.3, 0.4) is 0 Å². The van der Waals surface area contributed by atoms with Crippen molar-refractivity contribution in [3.05, 3.63) is 70.9 Å². The Labute approximate surface area is 115 Å². The number of nitrogens with two attached hydrogens (primary N) is 1. The molecule has 3 rings (SSSR count). The van der Waals surface area contributed by atoms with E-state index in [1.54, 1.807) is 0 Å². The molecule has 0 unspecified atom stereocenters. The molecule has 5 nitrogen and oxygen atoms in total. The Morgan fingerprint density at radius 1 is 1.05 bits per heavy atom. The van der Waals surface area contributed by atoms with E-state index < -0.39 is 0 Å².